The SMILES string of the molecule is CCCC1CC(=O)C(c2ccc(-c3cccnc3F)cc2O)=CC2=CCC=C(Nc3ccc(N4CCCC(C)CC4)cc3)N=C21. The molecule has 2 aliphatic heterocycles. The number of pyridine rings is 1. The number of fused-ring (bicyclic) bond motifs is 1. The quantitative estimate of drug-likeness (QED) is 0.264. The van der Waals surface area contributed by atoms with Crippen molar-refractivity contribution in [1.29, 1.82) is 0 Å². The van der Waals surface area contributed by atoms with Crippen LogP contribution in [0.4, 0.5) is 15.8 Å². The zero-order valence-electron chi connectivity index (χ0n) is 26.1. The maximum absolute atomic E-state index is 14.3. The van der Waals surface area contributed by atoms with Crippen molar-refractivity contribution >= 4 is 28.4 Å². The lowest BCUT2D eigenvalue weighted by atomic mass is 9.89. The minimum Gasteiger partial charge on any atom is -0.507 e. The highest BCUT2D eigenvalue weighted by Gasteiger charge is 2.30. The Morgan fingerprint density at radius 1 is 1.04 bits per heavy atom. The van der Waals surface area contributed by atoms with Gasteiger partial charge in [-0.3, -0.25) is 4.79 Å². The Labute approximate surface area is 265 Å². The zero-order valence-corrected chi connectivity index (χ0v) is 26.1. The number of phenolic OH excluding ortho intramolecular Hbond substituents is 1. The van der Waals surface area contributed by atoms with Crippen LogP contribution in [0.3, 0.4) is 0 Å². The summed E-state index contributed by atoms with van der Waals surface area (Å²) in [4.78, 5) is 25.0. The van der Waals surface area contributed by atoms with Gasteiger partial charge in [0.25, 0.3) is 0 Å². The van der Waals surface area contributed by atoms with E-state index < -0.39 is 5.95 Å². The maximum Gasteiger partial charge on any atom is 0.220 e. The number of aliphatic imine (C=N–C) groups is 1. The Morgan fingerprint density at radius 3 is 2.67 bits per heavy atom. The van der Waals surface area contributed by atoms with Gasteiger partial charge in [-0.2, -0.15) is 4.39 Å². The molecule has 0 bridgehead atoms. The fraction of sp³-hybridized carbons (Fsp3) is 0.342. The number of carbonyl (C=O) groups is 1. The maximum atomic E-state index is 14.3. The average molecular weight is 605 g/mol. The van der Waals surface area contributed by atoms with E-state index in [4.69, 9.17) is 4.99 Å². The number of aromatic nitrogens is 1. The summed E-state index contributed by atoms with van der Waals surface area (Å²) in [5, 5.41) is 14.6. The second-order valence-electron chi connectivity index (χ2n) is 12.4. The summed E-state index contributed by atoms with van der Waals surface area (Å²) in [6.45, 7) is 6.66. The lowest BCUT2D eigenvalue weighted by molar-refractivity contribution is -0.114. The Hall–Kier alpha value is -4.52. The van der Waals surface area contributed by atoms with Crippen LogP contribution in [0, 0.1) is 17.8 Å². The van der Waals surface area contributed by atoms with Crippen LogP contribution in [0.15, 0.2) is 95.4 Å². The summed E-state index contributed by atoms with van der Waals surface area (Å²) in [7, 11) is 0. The first-order chi connectivity index (χ1) is 21.9. The summed E-state index contributed by atoms with van der Waals surface area (Å²) in [6, 6.07) is 16.8. The van der Waals surface area contributed by atoms with E-state index in [1.54, 1.807) is 24.3 Å². The molecule has 0 amide bonds. The van der Waals surface area contributed by atoms with Gasteiger partial charge in [0.1, 0.15) is 11.6 Å². The van der Waals surface area contributed by atoms with Crippen LogP contribution in [0.5, 0.6) is 5.75 Å². The van der Waals surface area contributed by atoms with Crippen LogP contribution in [-0.4, -0.2) is 34.7 Å². The second kappa shape index (κ2) is 13.6. The van der Waals surface area contributed by atoms with Crippen molar-refractivity contribution in [1.82, 2.24) is 4.98 Å². The molecule has 1 fully saturated rings. The number of ketones is 1. The number of anilines is 2. The molecule has 45 heavy (non-hydrogen) atoms. The molecular weight excluding hydrogens is 563 g/mol. The lowest BCUT2D eigenvalue weighted by Crippen LogP contribution is -2.23. The number of phenols is 1. The molecular formula is C38H41FN4O2. The minimum absolute atomic E-state index is 0.0438. The summed E-state index contributed by atoms with van der Waals surface area (Å²) >= 11 is 0. The van der Waals surface area contributed by atoms with Gasteiger partial charge in [-0.05, 0) is 110 Å². The van der Waals surface area contributed by atoms with E-state index in [1.807, 2.05) is 6.08 Å². The highest BCUT2D eigenvalue weighted by molar-refractivity contribution is 6.26. The number of rotatable bonds is 7. The Balaban J connectivity index is 1.26. The first kappa shape index (κ1) is 30.5. The molecule has 6 rings (SSSR count). The van der Waals surface area contributed by atoms with Gasteiger partial charge in [0.05, 0.1) is 5.71 Å². The fourth-order valence-corrected chi connectivity index (χ4v) is 6.62. The molecule has 232 valence electrons. The third-order valence-corrected chi connectivity index (χ3v) is 9.12. The highest BCUT2D eigenvalue weighted by atomic mass is 19.1. The lowest BCUT2D eigenvalue weighted by Gasteiger charge is -2.23. The monoisotopic (exact) mass is 604 g/mol. The van der Waals surface area contributed by atoms with Gasteiger partial charge >= 0.3 is 0 Å². The van der Waals surface area contributed by atoms with Crippen molar-refractivity contribution in [3.05, 3.63) is 102 Å². The molecule has 7 heteroatoms. The smallest absolute Gasteiger partial charge is 0.220 e. The van der Waals surface area contributed by atoms with Crippen molar-refractivity contribution in [2.24, 2.45) is 16.8 Å². The average Bonchev–Trinajstić information content (AvgIpc) is 3.42. The highest BCUT2D eigenvalue weighted by Crippen LogP contribution is 2.37. The standard InChI is InChI=1S/C38H41FN4O2/c1-3-7-27-24-35(45)33(32-17-12-26(23-34(32)44)31-10-5-19-40-38(31)39)22-28-9-4-11-36(42-37(27)28)41-29-13-15-30(16-14-29)43-20-6-8-25(2)18-21-43/h5,9-17,19,22-23,25,27,41,44H,3-4,6-8,18,20-21,24H2,1-2H3. The van der Waals surface area contributed by atoms with Crippen LogP contribution >= 0.6 is 0 Å². The summed E-state index contributed by atoms with van der Waals surface area (Å²) < 4.78 is 14.3. The van der Waals surface area contributed by atoms with E-state index in [9.17, 15) is 14.3 Å². The molecule has 1 saturated heterocycles. The molecule has 3 aliphatic rings. The topological polar surface area (TPSA) is 77.8 Å². The van der Waals surface area contributed by atoms with Gasteiger partial charge < -0.3 is 15.3 Å². The molecule has 2 N–H and O–H groups in total. The summed E-state index contributed by atoms with van der Waals surface area (Å²) in [5.74, 6) is 0.773. The zero-order chi connectivity index (χ0) is 31.3. The number of benzene rings is 2. The number of carbonyl (C=O) groups excluding carboxylic acids is 1. The molecule has 2 atom stereocenters. The predicted octanol–water partition coefficient (Wildman–Crippen LogP) is 8.72. The number of hydrogen-bond donors (Lipinski definition) is 2. The van der Waals surface area contributed by atoms with E-state index in [-0.39, 0.29) is 17.5 Å². The van der Waals surface area contributed by atoms with E-state index in [1.165, 1.54) is 37.2 Å². The summed E-state index contributed by atoms with van der Waals surface area (Å²) in [6.07, 6.45) is 13.9. The first-order valence-corrected chi connectivity index (χ1v) is 16.2. The van der Waals surface area contributed by atoms with Crippen LogP contribution in [0.2, 0.25) is 0 Å². The number of Topliss-reactive ketones (excluding diaryl/α,β-unsaturated/α-hetero) is 1. The Morgan fingerprint density at radius 2 is 1.89 bits per heavy atom. The number of nitrogens with one attached hydrogen (secondary N) is 1. The van der Waals surface area contributed by atoms with E-state index in [0.29, 0.717) is 35.1 Å². The molecule has 3 aromatic rings. The molecule has 0 saturated carbocycles. The molecule has 3 heterocycles. The van der Waals surface area contributed by atoms with Gasteiger partial charge in [-0.25, -0.2) is 9.98 Å². The Bertz CT molecular complexity index is 1690. The molecule has 2 aromatic carbocycles. The molecule has 2 unspecified atom stereocenters. The minimum atomic E-state index is -0.610. The van der Waals surface area contributed by atoms with Crippen molar-refractivity contribution in [3.63, 3.8) is 0 Å². The van der Waals surface area contributed by atoms with Crippen LogP contribution < -0.4 is 10.2 Å². The fourth-order valence-electron chi connectivity index (χ4n) is 6.62. The van der Waals surface area contributed by atoms with Gasteiger partial charge in [0, 0.05) is 59.7 Å². The van der Waals surface area contributed by atoms with Crippen molar-refractivity contribution in [2.75, 3.05) is 23.3 Å². The van der Waals surface area contributed by atoms with Gasteiger partial charge in [0.2, 0.25) is 5.95 Å². The number of halogens is 1. The van der Waals surface area contributed by atoms with E-state index in [0.717, 1.165) is 54.6 Å². The second-order valence-corrected chi connectivity index (χ2v) is 12.4. The van der Waals surface area contributed by atoms with Gasteiger partial charge in [-0.15, -0.1) is 0 Å². The molecule has 6 nitrogen and oxygen atoms in total. The Kier molecular flexibility index (Phi) is 9.24. The van der Waals surface area contributed by atoms with Crippen molar-refractivity contribution in [3.8, 4) is 16.9 Å². The van der Waals surface area contributed by atoms with Gasteiger partial charge in [-0.1, -0.05) is 32.4 Å². The van der Waals surface area contributed by atoms with Crippen molar-refractivity contribution < 1.29 is 14.3 Å². The van der Waals surface area contributed by atoms with Crippen LogP contribution in [-0.2, 0) is 4.79 Å². The number of allylic oxidation sites excluding steroid dienone is 5. The molecule has 0 spiro atoms. The number of aromatic hydroxyl groups is 1. The van der Waals surface area contributed by atoms with E-state index >= 15 is 0 Å². The van der Waals surface area contributed by atoms with Gasteiger partial charge in [0.15, 0.2) is 5.78 Å². The number of nitrogens with zero attached hydrogens (tertiary/aromatic N) is 3. The van der Waals surface area contributed by atoms with E-state index in [2.05, 4.69) is 65.5 Å². The molecule has 1 aliphatic carbocycles. The summed E-state index contributed by atoms with van der Waals surface area (Å²) in [5.41, 5.74) is 5.68. The third-order valence-electron chi connectivity index (χ3n) is 9.12. The normalized spacial score (nSPS) is 20.5. The first-order valence-electron chi connectivity index (χ1n) is 16.2. The molecule has 1 aromatic heterocycles. The van der Waals surface area contributed by atoms with Crippen LogP contribution in [0.1, 0.15) is 64.4 Å². The predicted molar refractivity (Wildman–Crippen MR) is 181 cm³/mol. The van der Waals surface area contributed by atoms with Crippen LogP contribution in [0.25, 0.3) is 16.7 Å². The largest absolute Gasteiger partial charge is 0.507 e. The van der Waals surface area contributed by atoms with Crippen molar-refractivity contribution in [2.45, 2.75) is 58.8 Å². The molecule has 0 radical (unpaired) electrons. The third kappa shape index (κ3) is 6.93. The number of hydrogen-bond acceptors (Lipinski definition) is 6.